The van der Waals surface area contributed by atoms with Crippen molar-refractivity contribution in [2.45, 2.75) is 23.7 Å². The molecule has 1 aliphatic carbocycles. The molecule has 1 heterocycles. The summed E-state index contributed by atoms with van der Waals surface area (Å²) >= 11 is 10.1. The second-order valence-corrected chi connectivity index (χ2v) is 10.3. The van der Waals surface area contributed by atoms with E-state index >= 15 is 0 Å². The average molecular weight is 578 g/mol. The van der Waals surface area contributed by atoms with Gasteiger partial charge in [0, 0.05) is 24.9 Å². The molecule has 1 N–H and O–H groups in total. The van der Waals surface area contributed by atoms with Crippen molar-refractivity contribution >= 4 is 63.5 Å². The zero-order chi connectivity index (χ0) is 19.2. The summed E-state index contributed by atoms with van der Waals surface area (Å²) in [5.74, 6) is 1.30. The Kier molecular flexibility index (Phi) is 5.17. The summed E-state index contributed by atoms with van der Waals surface area (Å²) in [4.78, 5) is 4.53. The van der Waals surface area contributed by atoms with Gasteiger partial charge in [-0.15, -0.1) is 0 Å². The first-order valence-electron chi connectivity index (χ1n) is 7.95. The molecule has 0 radical (unpaired) electrons. The quantitative estimate of drug-likeness (QED) is 0.393. The number of hydrogen-bond acceptors (Lipinski definition) is 5. The molecule has 27 heavy (non-hydrogen) atoms. The van der Waals surface area contributed by atoms with Gasteiger partial charge in [-0.25, -0.2) is 8.42 Å². The molecule has 1 aromatic heterocycles. The molecule has 1 saturated carbocycles. The van der Waals surface area contributed by atoms with Gasteiger partial charge in [0.1, 0.15) is 0 Å². The summed E-state index contributed by atoms with van der Waals surface area (Å²) in [6.07, 6.45) is 2.09. The van der Waals surface area contributed by atoms with Crippen LogP contribution in [0.4, 0.5) is 5.69 Å². The van der Waals surface area contributed by atoms with Crippen LogP contribution in [0.3, 0.4) is 0 Å². The van der Waals surface area contributed by atoms with Crippen LogP contribution in [0.5, 0.6) is 0 Å². The molecule has 0 aliphatic heterocycles. The summed E-state index contributed by atoms with van der Waals surface area (Å²) in [5, 5.41) is 4.01. The normalized spacial score (nSPS) is 14.3. The minimum Gasteiger partial charge on any atom is -0.339 e. The molecule has 0 atom stereocenters. The predicted octanol–water partition coefficient (Wildman–Crippen LogP) is 5.70. The van der Waals surface area contributed by atoms with Crippen molar-refractivity contribution in [3.05, 3.63) is 55.7 Å². The Balaban J connectivity index is 1.70. The van der Waals surface area contributed by atoms with E-state index in [1.807, 2.05) is 0 Å². The fraction of sp³-hybridized carbons (Fsp3) is 0.176. The van der Waals surface area contributed by atoms with Gasteiger partial charge < -0.3 is 4.52 Å². The minimum atomic E-state index is -3.82. The van der Waals surface area contributed by atoms with Crippen molar-refractivity contribution in [1.29, 1.82) is 0 Å². The van der Waals surface area contributed by atoms with Gasteiger partial charge in [0.15, 0.2) is 0 Å². The van der Waals surface area contributed by atoms with Gasteiger partial charge >= 0.3 is 0 Å². The van der Waals surface area contributed by atoms with Crippen LogP contribution in [0.25, 0.3) is 11.4 Å². The molecule has 0 unspecified atom stereocenters. The van der Waals surface area contributed by atoms with Gasteiger partial charge in [0.05, 0.1) is 10.6 Å². The van der Waals surface area contributed by atoms with Crippen molar-refractivity contribution in [3.63, 3.8) is 0 Å². The van der Waals surface area contributed by atoms with Gasteiger partial charge in [-0.1, -0.05) is 17.3 Å². The standard InChI is InChI=1S/C17H12Br3N3O3S/c18-12-7-10(8-13(19)15(12)20)27(24,25)23-14-4-2-1-3-11(14)16-21-17(26-22-16)9-5-6-9/h1-4,7-9,23H,5-6H2. The number of halogens is 3. The van der Waals surface area contributed by atoms with Crippen LogP contribution < -0.4 is 4.72 Å². The third kappa shape index (κ3) is 3.98. The Morgan fingerprint density at radius 2 is 1.74 bits per heavy atom. The number of benzene rings is 2. The highest BCUT2D eigenvalue weighted by atomic mass is 79.9. The number of rotatable bonds is 5. The van der Waals surface area contributed by atoms with Crippen LogP contribution in [0.15, 0.2) is 59.2 Å². The zero-order valence-electron chi connectivity index (χ0n) is 13.6. The largest absolute Gasteiger partial charge is 0.339 e. The highest BCUT2D eigenvalue weighted by molar-refractivity contribution is 9.14. The van der Waals surface area contributed by atoms with Gasteiger partial charge in [-0.05, 0) is 84.9 Å². The highest BCUT2D eigenvalue weighted by Crippen LogP contribution is 2.40. The average Bonchev–Trinajstić information content (AvgIpc) is 3.37. The molecule has 140 valence electrons. The van der Waals surface area contributed by atoms with E-state index in [9.17, 15) is 8.42 Å². The van der Waals surface area contributed by atoms with Gasteiger partial charge in [0.2, 0.25) is 11.7 Å². The van der Waals surface area contributed by atoms with Crippen LogP contribution >= 0.6 is 47.8 Å². The van der Waals surface area contributed by atoms with Crippen molar-refractivity contribution in [3.8, 4) is 11.4 Å². The Morgan fingerprint density at radius 1 is 1.07 bits per heavy atom. The molecule has 10 heteroatoms. The number of sulfonamides is 1. The van der Waals surface area contributed by atoms with Crippen molar-refractivity contribution in [2.24, 2.45) is 0 Å². The lowest BCUT2D eigenvalue weighted by Gasteiger charge is -2.12. The van der Waals surface area contributed by atoms with Gasteiger partial charge in [0.25, 0.3) is 10.0 Å². The van der Waals surface area contributed by atoms with E-state index in [0.29, 0.717) is 37.8 Å². The van der Waals surface area contributed by atoms with Crippen molar-refractivity contribution in [2.75, 3.05) is 4.72 Å². The second-order valence-electron chi connectivity index (χ2n) is 6.08. The van der Waals surface area contributed by atoms with Crippen LogP contribution in [0.2, 0.25) is 0 Å². The summed E-state index contributed by atoms with van der Waals surface area (Å²) in [7, 11) is -3.82. The van der Waals surface area contributed by atoms with E-state index in [1.165, 1.54) is 12.1 Å². The third-order valence-corrected chi connectivity index (χ3v) is 8.56. The molecular formula is C17H12Br3N3O3S. The highest BCUT2D eigenvalue weighted by Gasteiger charge is 2.30. The van der Waals surface area contributed by atoms with Crippen LogP contribution in [0, 0.1) is 0 Å². The van der Waals surface area contributed by atoms with E-state index in [4.69, 9.17) is 4.52 Å². The molecule has 6 nitrogen and oxygen atoms in total. The first-order valence-corrected chi connectivity index (χ1v) is 11.8. The molecule has 3 aromatic rings. The van der Waals surface area contributed by atoms with Crippen molar-refractivity contribution < 1.29 is 12.9 Å². The maximum atomic E-state index is 12.9. The maximum Gasteiger partial charge on any atom is 0.261 e. The number of hydrogen-bond donors (Lipinski definition) is 1. The summed E-state index contributed by atoms with van der Waals surface area (Å²) < 4.78 is 35.7. The summed E-state index contributed by atoms with van der Waals surface area (Å²) in [5.41, 5.74) is 0.947. The second kappa shape index (κ2) is 7.31. The predicted molar refractivity (Wildman–Crippen MR) is 112 cm³/mol. The first-order chi connectivity index (χ1) is 12.8. The smallest absolute Gasteiger partial charge is 0.261 e. The minimum absolute atomic E-state index is 0.117. The van der Waals surface area contributed by atoms with Gasteiger partial charge in [-0.2, -0.15) is 4.98 Å². The maximum absolute atomic E-state index is 12.9. The molecule has 1 fully saturated rings. The zero-order valence-corrected chi connectivity index (χ0v) is 19.2. The number of nitrogens with zero attached hydrogens (tertiary/aromatic N) is 2. The molecule has 2 aromatic carbocycles. The molecule has 0 saturated heterocycles. The third-order valence-electron chi connectivity index (χ3n) is 4.05. The van der Waals surface area contributed by atoms with E-state index in [1.54, 1.807) is 24.3 Å². The molecule has 0 amide bonds. The lowest BCUT2D eigenvalue weighted by Crippen LogP contribution is -2.14. The fourth-order valence-electron chi connectivity index (χ4n) is 2.50. The van der Waals surface area contributed by atoms with Crippen LogP contribution in [-0.2, 0) is 10.0 Å². The van der Waals surface area contributed by atoms with Crippen LogP contribution in [-0.4, -0.2) is 18.6 Å². The SMILES string of the molecule is O=S(=O)(Nc1ccccc1-c1noc(C2CC2)n1)c1cc(Br)c(Br)c(Br)c1. The number of aromatic nitrogens is 2. The number of para-hydroxylation sites is 1. The van der Waals surface area contributed by atoms with E-state index in [2.05, 4.69) is 62.7 Å². The summed E-state index contributed by atoms with van der Waals surface area (Å²) in [6.45, 7) is 0. The monoisotopic (exact) mass is 575 g/mol. The molecule has 0 bridgehead atoms. The molecule has 1 aliphatic rings. The summed E-state index contributed by atoms with van der Waals surface area (Å²) in [6, 6.07) is 10.0. The van der Waals surface area contributed by atoms with E-state index in [0.717, 1.165) is 17.3 Å². The Bertz CT molecular complexity index is 1100. The first kappa shape index (κ1) is 19.1. The Hall–Kier alpha value is -1.23. The molecular weight excluding hydrogens is 566 g/mol. The van der Waals surface area contributed by atoms with Crippen LogP contribution in [0.1, 0.15) is 24.7 Å². The van der Waals surface area contributed by atoms with E-state index < -0.39 is 10.0 Å². The Morgan fingerprint density at radius 3 is 2.41 bits per heavy atom. The molecule has 0 spiro atoms. The van der Waals surface area contributed by atoms with E-state index in [-0.39, 0.29) is 4.90 Å². The number of anilines is 1. The van der Waals surface area contributed by atoms with Crippen molar-refractivity contribution in [1.82, 2.24) is 10.1 Å². The number of nitrogens with one attached hydrogen (secondary N) is 1. The lowest BCUT2D eigenvalue weighted by molar-refractivity contribution is 0.380. The topological polar surface area (TPSA) is 85.1 Å². The Labute approximate surface area is 181 Å². The fourth-order valence-corrected chi connectivity index (χ4v) is 5.35. The molecule has 4 rings (SSSR count). The lowest BCUT2D eigenvalue weighted by atomic mass is 10.2. The van der Waals surface area contributed by atoms with Gasteiger partial charge in [-0.3, -0.25) is 4.72 Å².